The van der Waals surface area contributed by atoms with Crippen molar-refractivity contribution in [3.63, 3.8) is 0 Å². The van der Waals surface area contributed by atoms with Crippen LogP contribution in [0.25, 0.3) is 0 Å². The van der Waals surface area contributed by atoms with Crippen molar-refractivity contribution in [2.24, 2.45) is 16.5 Å². The molecule has 0 aliphatic rings. The molecule has 6 nitrogen and oxygen atoms in total. The van der Waals surface area contributed by atoms with Gasteiger partial charge in [0.05, 0.1) is 4.90 Å². The number of benzene rings is 1. The number of hydrogen-bond acceptors (Lipinski definition) is 3. The molecular weight excluding hydrogens is 314 g/mol. The molecule has 1 aromatic rings. The summed E-state index contributed by atoms with van der Waals surface area (Å²) in [4.78, 5) is 15.7. The first-order valence-electron chi connectivity index (χ1n) is 7.65. The normalized spacial score (nSPS) is 11.3. The monoisotopic (exact) mass is 339 g/mol. The van der Waals surface area contributed by atoms with Crippen LogP contribution in [0.2, 0.25) is 0 Å². The molecule has 0 bridgehead atoms. The Morgan fingerprint density at radius 3 is 2.35 bits per heavy atom. The highest BCUT2D eigenvalue weighted by molar-refractivity contribution is 7.90. The van der Waals surface area contributed by atoms with Crippen LogP contribution in [0.5, 0.6) is 0 Å². The second-order valence-corrected chi connectivity index (χ2v) is 7.60. The summed E-state index contributed by atoms with van der Waals surface area (Å²) in [5.41, 5.74) is 11.8. The fourth-order valence-corrected chi connectivity index (χ4v) is 3.92. The average Bonchev–Trinajstić information content (AvgIpc) is 2.41. The lowest BCUT2D eigenvalue weighted by Crippen LogP contribution is -2.24. The van der Waals surface area contributed by atoms with E-state index in [2.05, 4.69) is 11.9 Å². The average molecular weight is 339 g/mol. The zero-order valence-electron chi connectivity index (χ0n) is 13.9. The summed E-state index contributed by atoms with van der Waals surface area (Å²) in [5, 5.41) is 0. The van der Waals surface area contributed by atoms with Crippen LogP contribution in [0.1, 0.15) is 54.1 Å². The Morgan fingerprint density at radius 1 is 1.17 bits per heavy atom. The lowest BCUT2D eigenvalue weighted by Gasteiger charge is -2.14. The minimum absolute atomic E-state index is 0.205. The van der Waals surface area contributed by atoms with Gasteiger partial charge >= 0.3 is 0 Å². The summed E-state index contributed by atoms with van der Waals surface area (Å²) in [6, 6.07) is 3.28. The van der Waals surface area contributed by atoms with Gasteiger partial charge in [0, 0.05) is 11.8 Å². The van der Waals surface area contributed by atoms with E-state index >= 15 is 0 Å². The van der Waals surface area contributed by atoms with Crippen molar-refractivity contribution in [2.75, 3.05) is 6.26 Å². The molecule has 0 unspecified atom stereocenters. The summed E-state index contributed by atoms with van der Waals surface area (Å²) >= 11 is 0. The van der Waals surface area contributed by atoms with Crippen molar-refractivity contribution in [1.82, 2.24) is 0 Å². The van der Waals surface area contributed by atoms with E-state index in [-0.39, 0.29) is 16.4 Å². The Hall–Kier alpha value is -1.89. The minimum atomic E-state index is -3.45. The fraction of sp³-hybridized carbons (Fsp3) is 0.500. The lowest BCUT2D eigenvalue weighted by atomic mass is 10.00. The Labute approximate surface area is 137 Å². The highest BCUT2D eigenvalue weighted by Gasteiger charge is 2.21. The van der Waals surface area contributed by atoms with E-state index in [4.69, 9.17) is 11.5 Å². The third-order valence-corrected chi connectivity index (χ3v) is 4.93. The number of aryl methyl sites for hydroxylation is 1. The maximum Gasteiger partial charge on any atom is 0.280 e. The van der Waals surface area contributed by atoms with Crippen LogP contribution in [-0.2, 0) is 16.3 Å². The van der Waals surface area contributed by atoms with E-state index in [0.29, 0.717) is 12.0 Å². The predicted octanol–water partition coefficient (Wildman–Crippen LogP) is 1.93. The van der Waals surface area contributed by atoms with Crippen molar-refractivity contribution < 1.29 is 13.2 Å². The number of carbonyl (C=O) groups excluding carboxylic acids is 1. The van der Waals surface area contributed by atoms with Gasteiger partial charge in [-0.2, -0.15) is 4.99 Å². The number of rotatable bonds is 7. The van der Waals surface area contributed by atoms with Crippen LogP contribution in [0.4, 0.5) is 0 Å². The second-order valence-electron chi connectivity index (χ2n) is 5.65. The number of nitrogens with two attached hydrogens (primary N) is 2. The topological polar surface area (TPSA) is 116 Å². The number of carbonyl (C=O) groups is 1. The summed E-state index contributed by atoms with van der Waals surface area (Å²) in [6.07, 6.45) is 6.02. The standard InChI is InChI=1S/C16H25N3O3S/c1-4-5-6-7-8-12-9-10-13(15(20)19-16(17)18)11(2)14(12)23(3,21)22/h9-10H,4-8H2,1-3H3,(H4,17,18,19,20). The highest BCUT2D eigenvalue weighted by Crippen LogP contribution is 2.26. The van der Waals surface area contributed by atoms with Gasteiger partial charge in [0.15, 0.2) is 15.8 Å². The van der Waals surface area contributed by atoms with Crippen molar-refractivity contribution in [2.45, 2.75) is 50.8 Å². The minimum Gasteiger partial charge on any atom is -0.370 e. The first-order chi connectivity index (χ1) is 10.7. The third kappa shape index (κ3) is 5.35. The zero-order valence-corrected chi connectivity index (χ0v) is 14.7. The molecule has 0 aliphatic heterocycles. The molecule has 0 aromatic heterocycles. The Balaban J connectivity index is 3.27. The van der Waals surface area contributed by atoms with Gasteiger partial charge < -0.3 is 11.5 Å². The maximum absolute atomic E-state index is 12.2. The molecule has 128 valence electrons. The third-order valence-electron chi connectivity index (χ3n) is 3.62. The van der Waals surface area contributed by atoms with Crippen LogP contribution < -0.4 is 11.5 Å². The molecule has 23 heavy (non-hydrogen) atoms. The molecule has 7 heteroatoms. The highest BCUT2D eigenvalue weighted by atomic mass is 32.2. The van der Waals surface area contributed by atoms with Crippen molar-refractivity contribution in [1.29, 1.82) is 0 Å². The van der Waals surface area contributed by atoms with Gasteiger partial charge in [0.25, 0.3) is 5.91 Å². The summed E-state index contributed by atoms with van der Waals surface area (Å²) in [6.45, 7) is 3.73. The molecule has 1 rings (SSSR count). The van der Waals surface area contributed by atoms with Crippen molar-refractivity contribution in [3.8, 4) is 0 Å². The number of sulfone groups is 1. The summed E-state index contributed by atoms with van der Waals surface area (Å²) in [7, 11) is -3.45. The van der Waals surface area contributed by atoms with E-state index in [1.807, 2.05) is 0 Å². The molecule has 1 aromatic carbocycles. The van der Waals surface area contributed by atoms with Crippen LogP contribution >= 0.6 is 0 Å². The Bertz CT molecular complexity index is 706. The van der Waals surface area contributed by atoms with Gasteiger partial charge in [-0.05, 0) is 37.0 Å². The molecule has 0 saturated carbocycles. The van der Waals surface area contributed by atoms with Crippen LogP contribution in [0.3, 0.4) is 0 Å². The number of hydrogen-bond donors (Lipinski definition) is 2. The van der Waals surface area contributed by atoms with E-state index in [0.717, 1.165) is 37.5 Å². The van der Waals surface area contributed by atoms with Crippen molar-refractivity contribution >= 4 is 21.7 Å². The molecule has 0 fully saturated rings. The van der Waals surface area contributed by atoms with Gasteiger partial charge in [0.1, 0.15) is 0 Å². The zero-order chi connectivity index (χ0) is 17.6. The number of aliphatic imine (C=N–C) groups is 1. The smallest absolute Gasteiger partial charge is 0.280 e. The quantitative estimate of drug-likeness (QED) is 0.447. The van der Waals surface area contributed by atoms with Gasteiger partial charge in [-0.15, -0.1) is 0 Å². The summed E-state index contributed by atoms with van der Waals surface area (Å²) in [5.74, 6) is -0.983. The molecule has 0 aliphatic carbocycles. The van der Waals surface area contributed by atoms with E-state index in [1.54, 1.807) is 19.1 Å². The lowest BCUT2D eigenvalue weighted by molar-refractivity contribution is 0.100. The number of unbranched alkanes of at least 4 members (excludes halogenated alkanes) is 3. The van der Waals surface area contributed by atoms with Crippen molar-refractivity contribution in [3.05, 3.63) is 28.8 Å². The van der Waals surface area contributed by atoms with Crippen LogP contribution in [0.15, 0.2) is 22.0 Å². The van der Waals surface area contributed by atoms with Gasteiger partial charge in [0.2, 0.25) is 0 Å². The fourth-order valence-electron chi connectivity index (χ4n) is 2.61. The number of amides is 1. The second kappa shape index (κ2) is 8.10. The Kier molecular flexibility index (Phi) is 6.75. The molecule has 0 heterocycles. The first kappa shape index (κ1) is 19.2. The maximum atomic E-state index is 12.2. The first-order valence-corrected chi connectivity index (χ1v) is 9.54. The predicted molar refractivity (Wildman–Crippen MR) is 92.3 cm³/mol. The molecule has 1 amide bonds. The van der Waals surface area contributed by atoms with Gasteiger partial charge in [-0.1, -0.05) is 32.3 Å². The van der Waals surface area contributed by atoms with Gasteiger partial charge in [-0.3, -0.25) is 4.79 Å². The Morgan fingerprint density at radius 2 is 1.83 bits per heavy atom. The molecule has 4 N–H and O–H groups in total. The molecule has 0 saturated heterocycles. The number of guanidine groups is 1. The van der Waals surface area contributed by atoms with E-state index in [9.17, 15) is 13.2 Å². The number of nitrogens with zero attached hydrogens (tertiary/aromatic N) is 1. The largest absolute Gasteiger partial charge is 0.370 e. The van der Waals surface area contributed by atoms with Gasteiger partial charge in [-0.25, -0.2) is 8.42 Å². The summed E-state index contributed by atoms with van der Waals surface area (Å²) < 4.78 is 24.3. The van der Waals surface area contributed by atoms with E-state index in [1.165, 1.54) is 0 Å². The van der Waals surface area contributed by atoms with Crippen LogP contribution in [0, 0.1) is 6.92 Å². The molecule has 0 radical (unpaired) electrons. The van der Waals surface area contributed by atoms with E-state index < -0.39 is 15.7 Å². The van der Waals surface area contributed by atoms with Crippen LogP contribution in [-0.4, -0.2) is 26.5 Å². The molecular formula is C16H25N3O3S. The SMILES string of the molecule is CCCCCCc1ccc(C(=O)N=C(N)N)c(C)c1S(C)(=O)=O. The molecule has 0 atom stereocenters. The molecule has 0 spiro atoms.